The van der Waals surface area contributed by atoms with Gasteiger partial charge in [0.2, 0.25) is 0 Å². The third-order valence-corrected chi connectivity index (χ3v) is 3.37. The van der Waals surface area contributed by atoms with E-state index in [2.05, 4.69) is 21.2 Å². The maximum Gasteiger partial charge on any atom is 0.168 e. The standard InChI is InChI=1S/C15H15BrFNO/c1-10-4-3-5-14(15(10)17)19-13-7-6-11(9-18-2)8-12(13)16/h3-8,18H,9H2,1-2H3. The third-order valence-electron chi connectivity index (χ3n) is 2.75. The second-order valence-electron chi connectivity index (χ2n) is 4.28. The zero-order chi connectivity index (χ0) is 13.8. The second-order valence-corrected chi connectivity index (χ2v) is 5.14. The molecule has 0 aromatic heterocycles. The highest BCUT2D eigenvalue weighted by atomic mass is 79.9. The van der Waals surface area contributed by atoms with E-state index in [9.17, 15) is 4.39 Å². The van der Waals surface area contributed by atoms with Crippen LogP contribution in [0.3, 0.4) is 0 Å². The molecule has 19 heavy (non-hydrogen) atoms. The van der Waals surface area contributed by atoms with Crippen molar-refractivity contribution in [3.8, 4) is 11.5 Å². The lowest BCUT2D eigenvalue weighted by atomic mass is 10.2. The topological polar surface area (TPSA) is 21.3 Å². The smallest absolute Gasteiger partial charge is 0.168 e. The van der Waals surface area contributed by atoms with Gasteiger partial charge in [-0.1, -0.05) is 18.2 Å². The third kappa shape index (κ3) is 3.33. The van der Waals surface area contributed by atoms with Crippen LogP contribution in [-0.4, -0.2) is 7.05 Å². The summed E-state index contributed by atoms with van der Waals surface area (Å²) in [5, 5.41) is 3.08. The van der Waals surface area contributed by atoms with Crippen molar-refractivity contribution >= 4 is 15.9 Å². The Hall–Kier alpha value is -1.39. The van der Waals surface area contributed by atoms with Crippen molar-refractivity contribution in [1.82, 2.24) is 5.32 Å². The molecule has 0 aliphatic rings. The average molecular weight is 324 g/mol. The number of rotatable bonds is 4. The molecular formula is C15H15BrFNO. The molecule has 0 spiro atoms. The summed E-state index contributed by atoms with van der Waals surface area (Å²) in [7, 11) is 1.89. The zero-order valence-corrected chi connectivity index (χ0v) is 12.4. The Morgan fingerprint density at radius 2 is 2.00 bits per heavy atom. The van der Waals surface area contributed by atoms with Gasteiger partial charge in [-0.2, -0.15) is 0 Å². The Balaban J connectivity index is 2.26. The van der Waals surface area contributed by atoms with E-state index < -0.39 is 0 Å². The molecule has 0 amide bonds. The molecule has 0 heterocycles. The first-order chi connectivity index (χ1) is 9.11. The first kappa shape index (κ1) is 14.0. The van der Waals surface area contributed by atoms with Gasteiger partial charge in [-0.25, -0.2) is 4.39 Å². The van der Waals surface area contributed by atoms with Gasteiger partial charge in [0.25, 0.3) is 0 Å². The minimum Gasteiger partial charge on any atom is -0.453 e. The minimum atomic E-state index is -0.325. The highest BCUT2D eigenvalue weighted by molar-refractivity contribution is 9.10. The van der Waals surface area contributed by atoms with Crippen molar-refractivity contribution in [2.75, 3.05) is 7.05 Å². The van der Waals surface area contributed by atoms with Gasteiger partial charge in [0.15, 0.2) is 11.6 Å². The molecule has 0 atom stereocenters. The van der Waals surface area contributed by atoms with Gasteiger partial charge in [-0.05, 0) is 59.2 Å². The fourth-order valence-corrected chi connectivity index (χ4v) is 2.27. The van der Waals surface area contributed by atoms with E-state index in [-0.39, 0.29) is 11.6 Å². The number of ether oxygens (including phenoxy) is 1. The monoisotopic (exact) mass is 323 g/mol. The summed E-state index contributed by atoms with van der Waals surface area (Å²) in [6.07, 6.45) is 0. The summed E-state index contributed by atoms with van der Waals surface area (Å²) in [6.45, 7) is 2.49. The molecule has 2 rings (SSSR count). The van der Waals surface area contributed by atoms with Gasteiger partial charge in [-0.15, -0.1) is 0 Å². The van der Waals surface area contributed by atoms with Crippen LogP contribution >= 0.6 is 15.9 Å². The van der Waals surface area contributed by atoms with Gasteiger partial charge in [0, 0.05) is 6.54 Å². The number of nitrogens with one attached hydrogen (secondary N) is 1. The fraction of sp³-hybridized carbons (Fsp3) is 0.200. The van der Waals surface area contributed by atoms with Crippen molar-refractivity contribution in [1.29, 1.82) is 0 Å². The van der Waals surface area contributed by atoms with Crippen molar-refractivity contribution in [2.24, 2.45) is 0 Å². The van der Waals surface area contributed by atoms with Crippen LogP contribution in [0.4, 0.5) is 4.39 Å². The fourth-order valence-electron chi connectivity index (χ4n) is 1.76. The number of hydrogen-bond acceptors (Lipinski definition) is 2. The minimum absolute atomic E-state index is 0.238. The molecule has 2 aromatic carbocycles. The Kier molecular flexibility index (Phi) is 4.56. The van der Waals surface area contributed by atoms with Crippen LogP contribution < -0.4 is 10.1 Å². The number of halogens is 2. The van der Waals surface area contributed by atoms with Crippen molar-refractivity contribution < 1.29 is 9.13 Å². The summed E-state index contributed by atoms with van der Waals surface area (Å²) in [5.41, 5.74) is 1.70. The van der Waals surface area contributed by atoms with Crippen LogP contribution in [0.5, 0.6) is 11.5 Å². The number of aryl methyl sites for hydroxylation is 1. The number of benzene rings is 2. The SMILES string of the molecule is CNCc1ccc(Oc2cccc(C)c2F)c(Br)c1. The molecule has 2 aromatic rings. The Morgan fingerprint density at radius 3 is 2.68 bits per heavy atom. The molecule has 1 N–H and O–H groups in total. The zero-order valence-electron chi connectivity index (χ0n) is 10.8. The van der Waals surface area contributed by atoms with E-state index in [1.807, 2.05) is 25.2 Å². The van der Waals surface area contributed by atoms with E-state index >= 15 is 0 Å². The summed E-state index contributed by atoms with van der Waals surface area (Å²) < 4.78 is 20.3. The quantitative estimate of drug-likeness (QED) is 0.899. The van der Waals surface area contributed by atoms with Crippen molar-refractivity contribution in [2.45, 2.75) is 13.5 Å². The predicted octanol–water partition coefficient (Wildman–Crippen LogP) is 4.41. The molecule has 4 heteroatoms. The molecule has 0 aliphatic heterocycles. The normalized spacial score (nSPS) is 10.5. The molecule has 0 saturated carbocycles. The van der Waals surface area contributed by atoms with Gasteiger partial charge >= 0.3 is 0 Å². The van der Waals surface area contributed by atoms with Gasteiger partial charge in [-0.3, -0.25) is 0 Å². The highest BCUT2D eigenvalue weighted by Crippen LogP contribution is 2.32. The first-order valence-corrected chi connectivity index (χ1v) is 6.77. The van der Waals surface area contributed by atoms with E-state index in [1.165, 1.54) is 0 Å². The highest BCUT2D eigenvalue weighted by Gasteiger charge is 2.09. The second kappa shape index (κ2) is 6.17. The Morgan fingerprint density at radius 1 is 1.21 bits per heavy atom. The molecular weight excluding hydrogens is 309 g/mol. The molecule has 0 aliphatic carbocycles. The maximum absolute atomic E-state index is 13.9. The number of hydrogen-bond donors (Lipinski definition) is 1. The lowest BCUT2D eigenvalue weighted by Gasteiger charge is -2.11. The van der Waals surface area contributed by atoms with Crippen molar-refractivity contribution in [3.63, 3.8) is 0 Å². The van der Waals surface area contributed by atoms with Gasteiger partial charge in [0.05, 0.1) is 4.47 Å². The Bertz CT molecular complexity index is 586. The molecule has 0 saturated heterocycles. The van der Waals surface area contributed by atoms with Crippen LogP contribution in [0.1, 0.15) is 11.1 Å². The summed E-state index contributed by atoms with van der Waals surface area (Å²) in [4.78, 5) is 0. The molecule has 0 unspecified atom stereocenters. The van der Waals surface area contributed by atoms with E-state index in [0.717, 1.165) is 16.6 Å². The van der Waals surface area contributed by atoms with E-state index in [0.29, 0.717) is 11.3 Å². The van der Waals surface area contributed by atoms with Crippen LogP contribution in [0.15, 0.2) is 40.9 Å². The van der Waals surface area contributed by atoms with Crippen LogP contribution in [0, 0.1) is 12.7 Å². The predicted molar refractivity (Wildman–Crippen MR) is 78.1 cm³/mol. The summed E-state index contributed by atoms with van der Waals surface area (Å²) in [6, 6.07) is 10.9. The van der Waals surface area contributed by atoms with Crippen LogP contribution in [0.25, 0.3) is 0 Å². The molecule has 0 bridgehead atoms. The van der Waals surface area contributed by atoms with Crippen molar-refractivity contribution in [3.05, 3.63) is 57.8 Å². The molecule has 0 fully saturated rings. The Labute approximate surface area is 120 Å². The van der Waals surface area contributed by atoms with Crippen LogP contribution in [0.2, 0.25) is 0 Å². The summed E-state index contributed by atoms with van der Waals surface area (Å²) >= 11 is 3.44. The van der Waals surface area contributed by atoms with Gasteiger partial charge in [0.1, 0.15) is 5.75 Å². The largest absolute Gasteiger partial charge is 0.453 e. The van der Waals surface area contributed by atoms with E-state index in [4.69, 9.17) is 4.74 Å². The maximum atomic E-state index is 13.9. The van der Waals surface area contributed by atoms with Gasteiger partial charge < -0.3 is 10.1 Å². The first-order valence-electron chi connectivity index (χ1n) is 5.98. The molecule has 100 valence electrons. The molecule has 2 nitrogen and oxygen atoms in total. The summed E-state index contributed by atoms with van der Waals surface area (Å²) in [5.74, 6) is 0.514. The van der Waals surface area contributed by atoms with E-state index in [1.54, 1.807) is 25.1 Å². The lowest BCUT2D eigenvalue weighted by Crippen LogP contribution is -2.04. The lowest BCUT2D eigenvalue weighted by molar-refractivity contribution is 0.437. The van der Waals surface area contributed by atoms with Crippen LogP contribution in [-0.2, 0) is 6.54 Å². The average Bonchev–Trinajstić information content (AvgIpc) is 2.38. The molecule has 0 radical (unpaired) electrons.